The lowest BCUT2D eigenvalue weighted by molar-refractivity contribution is -0.141. The van der Waals surface area contributed by atoms with Crippen LogP contribution < -0.4 is 9.62 Å². The van der Waals surface area contributed by atoms with E-state index in [1.165, 1.54) is 4.31 Å². The first-order valence-corrected chi connectivity index (χ1v) is 14.7. The van der Waals surface area contributed by atoms with Crippen LogP contribution in [0.4, 0.5) is 5.69 Å². The van der Waals surface area contributed by atoms with Crippen molar-refractivity contribution in [2.75, 3.05) is 23.7 Å². The number of carbonyl (C=O) groups is 2. The second kappa shape index (κ2) is 14.2. The fourth-order valence-corrected chi connectivity index (χ4v) is 5.11. The molecule has 2 rings (SSSR count). The molecule has 7 nitrogen and oxygen atoms in total. The van der Waals surface area contributed by atoms with Crippen molar-refractivity contribution in [1.29, 1.82) is 0 Å². The SMILES string of the molecule is CCCCNC(=O)C(CC)N(Cc1ccccc1Cl)C(=O)CCCN(c1ccc(C)cc1)S(C)(=O)=O. The summed E-state index contributed by atoms with van der Waals surface area (Å²) in [7, 11) is -3.52. The maximum absolute atomic E-state index is 13.4. The van der Waals surface area contributed by atoms with Crippen LogP contribution in [-0.2, 0) is 26.2 Å². The first kappa shape index (κ1) is 29.6. The minimum Gasteiger partial charge on any atom is -0.354 e. The van der Waals surface area contributed by atoms with Crippen molar-refractivity contribution < 1.29 is 18.0 Å². The standard InChI is InChI=1S/C27H38ClN3O4S/c1-5-7-18-29-27(33)25(6-2)30(20-22-11-8-9-12-24(22)28)26(32)13-10-19-31(36(4,34)35)23-16-14-21(3)15-17-23/h8-9,11-12,14-17,25H,5-7,10,13,18-20H2,1-4H3,(H,29,33). The molecule has 2 aromatic rings. The van der Waals surface area contributed by atoms with Crippen LogP contribution in [0, 0.1) is 6.92 Å². The molecule has 9 heteroatoms. The number of sulfonamides is 1. The third kappa shape index (κ3) is 8.82. The third-order valence-corrected chi connectivity index (χ3v) is 7.55. The van der Waals surface area contributed by atoms with Crippen LogP contribution in [0.15, 0.2) is 48.5 Å². The summed E-state index contributed by atoms with van der Waals surface area (Å²) in [6.45, 7) is 6.77. The van der Waals surface area contributed by atoms with Crippen LogP contribution in [-0.4, -0.2) is 50.5 Å². The van der Waals surface area contributed by atoms with Crippen LogP contribution >= 0.6 is 11.6 Å². The number of halogens is 1. The molecule has 36 heavy (non-hydrogen) atoms. The van der Waals surface area contributed by atoms with E-state index in [-0.39, 0.29) is 31.3 Å². The van der Waals surface area contributed by atoms with E-state index in [9.17, 15) is 18.0 Å². The zero-order valence-electron chi connectivity index (χ0n) is 21.7. The smallest absolute Gasteiger partial charge is 0.242 e. The van der Waals surface area contributed by atoms with Gasteiger partial charge in [0.25, 0.3) is 0 Å². The van der Waals surface area contributed by atoms with Gasteiger partial charge in [-0.2, -0.15) is 0 Å². The number of nitrogens with zero attached hydrogens (tertiary/aromatic N) is 2. The van der Waals surface area contributed by atoms with Gasteiger partial charge in [0.1, 0.15) is 6.04 Å². The predicted octanol–water partition coefficient (Wildman–Crippen LogP) is 4.92. The Hall–Kier alpha value is -2.58. The molecule has 0 heterocycles. The number of benzene rings is 2. The molecule has 1 unspecified atom stereocenters. The lowest BCUT2D eigenvalue weighted by Crippen LogP contribution is -2.49. The molecular formula is C27H38ClN3O4S. The van der Waals surface area contributed by atoms with Gasteiger partial charge >= 0.3 is 0 Å². The highest BCUT2D eigenvalue weighted by molar-refractivity contribution is 7.92. The summed E-state index contributed by atoms with van der Waals surface area (Å²) in [5.74, 6) is -0.409. The lowest BCUT2D eigenvalue weighted by atomic mass is 10.1. The molecule has 0 aliphatic carbocycles. The Morgan fingerprint density at radius 1 is 1.03 bits per heavy atom. The molecule has 0 fully saturated rings. The van der Waals surface area contributed by atoms with Crippen LogP contribution in [0.25, 0.3) is 0 Å². The van der Waals surface area contributed by atoms with Crippen molar-refractivity contribution in [3.05, 3.63) is 64.7 Å². The number of carbonyl (C=O) groups excluding carboxylic acids is 2. The van der Waals surface area contributed by atoms with Gasteiger partial charge in [-0.05, 0) is 49.9 Å². The van der Waals surface area contributed by atoms with Gasteiger partial charge in [0.15, 0.2) is 0 Å². The van der Waals surface area contributed by atoms with Crippen molar-refractivity contribution >= 4 is 39.1 Å². The van der Waals surface area contributed by atoms with Crippen molar-refractivity contribution in [3.8, 4) is 0 Å². The molecule has 198 valence electrons. The monoisotopic (exact) mass is 535 g/mol. The highest BCUT2D eigenvalue weighted by Gasteiger charge is 2.29. The Kier molecular flexibility index (Phi) is 11.7. The van der Waals surface area contributed by atoms with Crippen LogP contribution in [0.5, 0.6) is 0 Å². The Morgan fingerprint density at radius 3 is 2.28 bits per heavy atom. The second-order valence-corrected chi connectivity index (χ2v) is 11.3. The summed E-state index contributed by atoms with van der Waals surface area (Å²) in [5, 5.41) is 3.46. The number of nitrogens with one attached hydrogen (secondary N) is 1. The van der Waals surface area contributed by atoms with Crippen LogP contribution in [0.3, 0.4) is 0 Å². The number of hydrogen-bond acceptors (Lipinski definition) is 4. The number of hydrogen-bond donors (Lipinski definition) is 1. The quantitative estimate of drug-likeness (QED) is 0.348. The van der Waals surface area contributed by atoms with Crippen molar-refractivity contribution in [2.45, 2.75) is 65.5 Å². The van der Waals surface area contributed by atoms with Gasteiger partial charge in [-0.25, -0.2) is 8.42 Å². The molecule has 0 aliphatic rings. The second-order valence-electron chi connectivity index (χ2n) is 8.96. The average molecular weight is 536 g/mol. The van der Waals surface area contributed by atoms with Crippen molar-refractivity contribution in [2.24, 2.45) is 0 Å². The van der Waals surface area contributed by atoms with Crippen molar-refractivity contribution in [3.63, 3.8) is 0 Å². The summed E-state index contributed by atoms with van der Waals surface area (Å²) < 4.78 is 26.2. The zero-order chi connectivity index (χ0) is 26.7. The van der Waals surface area contributed by atoms with Gasteiger partial charge in [-0.1, -0.05) is 67.8 Å². The molecule has 2 aromatic carbocycles. The summed E-state index contributed by atoms with van der Waals surface area (Å²) >= 11 is 6.37. The van der Waals surface area contributed by atoms with E-state index in [0.717, 1.165) is 30.2 Å². The summed E-state index contributed by atoms with van der Waals surface area (Å²) in [6, 6.07) is 13.8. The Labute approximate surface area is 220 Å². The number of amides is 2. The largest absolute Gasteiger partial charge is 0.354 e. The van der Waals surface area contributed by atoms with E-state index in [2.05, 4.69) is 5.32 Å². The minimum absolute atomic E-state index is 0.0983. The van der Waals surface area contributed by atoms with E-state index in [4.69, 9.17) is 11.6 Å². The lowest BCUT2D eigenvalue weighted by Gasteiger charge is -2.31. The molecule has 1 N–H and O–H groups in total. The minimum atomic E-state index is -3.52. The molecule has 0 spiro atoms. The number of aryl methyl sites for hydroxylation is 1. The molecule has 0 aliphatic heterocycles. The number of anilines is 1. The summed E-state index contributed by atoms with van der Waals surface area (Å²) in [4.78, 5) is 28.0. The predicted molar refractivity (Wildman–Crippen MR) is 147 cm³/mol. The van der Waals surface area contributed by atoms with E-state index in [0.29, 0.717) is 30.1 Å². The Bertz CT molecular complexity index is 1110. The van der Waals surface area contributed by atoms with Gasteiger partial charge in [0, 0.05) is 31.1 Å². The summed E-state index contributed by atoms with van der Waals surface area (Å²) in [5.41, 5.74) is 2.34. The third-order valence-electron chi connectivity index (χ3n) is 5.99. The van der Waals surface area contributed by atoms with E-state index < -0.39 is 16.1 Å². The molecule has 0 aromatic heterocycles. The fourth-order valence-electron chi connectivity index (χ4n) is 3.95. The van der Waals surface area contributed by atoms with Crippen LogP contribution in [0.2, 0.25) is 5.02 Å². The Balaban J connectivity index is 2.20. The Morgan fingerprint density at radius 2 is 1.69 bits per heavy atom. The molecular weight excluding hydrogens is 498 g/mol. The molecule has 0 bridgehead atoms. The van der Waals surface area contributed by atoms with E-state index in [1.54, 1.807) is 23.1 Å². The number of unbranched alkanes of at least 4 members (excludes halogenated alkanes) is 1. The highest BCUT2D eigenvalue weighted by Crippen LogP contribution is 2.22. The molecule has 0 saturated heterocycles. The zero-order valence-corrected chi connectivity index (χ0v) is 23.2. The maximum atomic E-state index is 13.4. The first-order valence-electron chi connectivity index (χ1n) is 12.4. The van der Waals surface area contributed by atoms with Crippen LogP contribution in [0.1, 0.15) is 57.1 Å². The van der Waals surface area contributed by atoms with Gasteiger partial charge in [-0.15, -0.1) is 0 Å². The van der Waals surface area contributed by atoms with E-state index >= 15 is 0 Å². The molecule has 0 radical (unpaired) electrons. The topological polar surface area (TPSA) is 86.8 Å². The number of rotatable bonds is 14. The molecule has 2 amide bonds. The van der Waals surface area contributed by atoms with Gasteiger partial charge in [-0.3, -0.25) is 13.9 Å². The highest BCUT2D eigenvalue weighted by atomic mass is 35.5. The van der Waals surface area contributed by atoms with Gasteiger partial charge in [0.05, 0.1) is 11.9 Å². The average Bonchev–Trinajstić information content (AvgIpc) is 2.83. The van der Waals surface area contributed by atoms with Gasteiger partial charge in [0.2, 0.25) is 21.8 Å². The first-order chi connectivity index (χ1) is 17.1. The molecule has 0 saturated carbocycles. The normalized spacial score (nSPS) is 12.1. The summed E-state index contributed by atoms with van der Waals surface area (Å²) in [6.07, 6.45) is 3.84. The fraction of sp³-hybridized carbons (Fsp3) is 0.481. The molecule has 1 atom stereocenters. The van der Waals surface area contributed by atoms with Gasteiger partial charge < -0.3 is 10.2 Å². The van der Waals surface area contributed by atoms with E-state index in [1.807, 2.05) is 51.1 Å². The van der Waals surface area contributed by atoms with Crippen molar-refractivity contribution in [1.82, 2.24) is 10.2 Å². The maximum Gasteiger partial charge on any atom is 0.242 e.